The number of aromatic nitrogens is 1. The monoisotopic (exact) mass is 905 g/mol. The van der Waals surface area contributed by atoms with E-state index in [1.54, 1.807) is 25.2 Å². The number of thiophene rings is 1. The fourth-order valence-corrected chi connectivity index (χ4v) is 8.45. The number of ketones is 1. The summed E-state index contributed by atoms with van der Waals surface area (Å²) in [5.41, 5.74) is 4.34. The fourth-order valence-electron chi connectivity index (χ4n) is 7.12. The van der Waals surface area contributed by atoms with Gasteiger partial charge in [0.15, 0.2) is 5.78 Å². The zero-order chi connectivity index (χ0) is 37.5. The van der Waals surface area contributed by atoms with Gasteiger partial charge in [-0.05, 0) is 67.5 Å². The number of hydrogen-bond acceptors (Lipinski definition) is 4. The number of aliphatic hydroxyl groups is 1. The number of aryl methyl sites for hydroxylation is 1. The van der Waals surface area contributed by atoms with Crippen LogP contribution in [0.15, 0.2) is 66.6 Å². The average Bonchev–Trinajstić information content (AvgIpc) is 3.51. The smallest absolute Gasteiger partial charge is 0.243 e. The molecule has 0 aliphatic carbocycles. The van der Waals surface area contributed by atoms with Gasteiger partial charge in [0, 0.05) is 70.1 Å². The van der Waals surface area contributed by atoms with Gasteiger partial charge in [-0.2, -0.15) is 0 Å². The first kappa shape index (κ1) is 43.4. The summed E-state index contributed by atoms with van der Waals surface area (Å²) < 4.78 is 29.5. The molecule has 0 unspecified atom stereocenters. The SMILES string of the molecule is CCC(CC)C(=O)/C=C(\O)C(CC)CC.CCC(CC)c1cc(-c2nccc3c2sc2c(C)c(CC(C)(C)C(F)F)ccc23)[c-]c2ccccc12.[Ir]. The van der Waals surface area contributed by atoms with Crippen molar-refractivity contribution < 1.29 is 38.8 Å². The van der Waals surface area contributed by atoms with E-state index in [1.165, 1.54) is 17.0 Å². The molecule has 0 spiro atoms. The normalized spacial score (nSPS) is 12.3. The van der Waals surface area contributed by atoms with Crippen molar-refractivity contribution in [2.24, 2.45) is 17.3 Å². The molecule has 0 aliphatic heterocycles. The average molecular weight is 905 g/mol. The number of allylic oxidation sites excluding steroid dienone is 2. The fraction of sp³-hybridized carbons (Fsp3) is 0.467. The molecule has 0 aliphatic rings. The molecule has 0 saturated carbocycles. The standard InChI is InChI=1S/C32H32F2NS.C13H24O2.Ir/c1-6-20(7-2)27-17-23(16-21-10-8-9-11-24(21)27)28-30-26(14-15-35-28)25-13-12-22(19(3)29(25)36-30)18-32(4,5)31(33)34;1-5-10(6-2)12(14)9-13(15)11(7-3)8-4;/h8-15,17,20,31H,6-7,18H2,1-5H3;9-11,14H,5-8H2,1-4H3;/q-1;;/b;12-9-;. The van der Waals surface area contributed by atoms with Crippen molar-refractivity contribution in [3.05, 3.63) is 89.3 Å². The second-order valence-corrected chi connectivity index (χ2v) is 15.5. The summed E-state index contributed by atoms with van der Waals surface area (Å²) in [6, 6.07) is 20.6. The van der Waals surface area contributed by atoms with Gasteiger partial charge < -0.3 is 5.11 Å². The molecule has 3 aromatic carbocycles. The van der Waals surface area contributed by atoms with Crippen LogP contribution in [0.3, 0.4) is 0 Å². The Labute approximate surface area is 327 Å². The van der Waals surface area contributed by atoms with E-state index in [-0.39, 0.29) is 43.5 Å². The van der Waals surface area contributed by atoms with Crippen molar-refractivity contribution in [2.75, 3.05) is 0 Å². The summed E-state index contributed by atoms with van der Waals surface area (Å²) in [5.74, 6) is 1.03. The minimum atomic E-state index is -2.36. The van der Waals surface area contributed by atoms with Gasteiger partial charge in [-0.15, -0.1) is 40.5 Å². The van der Waals surface area contributed by atoms with Gasteiger partial charge in [-0.1, -0.05) is 110 Å². The van der Waals surface area contributed by atoms with Crippen LogP contribution in [0.1, 0.15) is 117 Å². The van der Waals surface area contributed by atoms with Crippen molar-refractivity contribution in [3.63, 3.8) is 0 Å². The largest absolute Gasteiger partial charge is 0.512 e. The van der Waals surface area contributed by atoms with Crippen molar-refractivity contribution in [2.45, 2.75) is 120 Å². The number of carbonyl (C=O) groups excluding carboxylic acids is 1. The van der Waals surface area contributed by atoms with E-state index in [9.17, 15) is 18.7 Å². The van der Waals surface area contributed by atoms with E-state index in [1.807, 2.05) is 40.0 Å². The molecule has 1 N–H and O–H groups in total. The van der Waals surface area contributed by atoms with E-state index >= 15 is 0 Å². The Morgan fingerprint density at radius 3 is 2.08 bits per heavy atom. The van der Waals surface area contributed by atoms with Crippen LogP contribution in [0, 0.1) is 30.2 Å². The molecule has 2 heterocycles. The molecule has 2 aromatic heterocycles. The quantitative estimate of drug-likeness (QED) is 0.0686. The first-order valence-corrected chi connectivity index (χ1v) is 19.6. The number of pyridine rings is 1. The van der Waals surface area contributed by atoms with Gasteiger partial charge in [-0.25, -0.2) is 8.78 Å². The maximum atomic E-state index is 13.6. The minimum Gasteiger partial charge on any atom is -0.512 e. The molecule has 3 nitrogen and oxygen atoms in total. The number of nitrogens with zero attached hydrogens (tertiary/aromatic N) is 1. The second-order valence-electron chi connectivity index (χ2n) is 14.5. The van der Waals surface area contributed by atoms with E-state index in [4.69, 9.17) is 4.98 Å². The van der Waals surface area contributed by atoms with E-state index in [2.05, 4.69) is 69.3 Å². The zero-order valence-electron chi connectivity index (χ0n) is 32.3. The molecule has 5 aromatic rings. The number of fused-ring (bicyclic) bond motifs is 4. The van der Waals surface area contributed by atoms with E-state index in [0.717, 1.165) is 86.5 Å². The summed E-state index contributed by atoms with van der Waals surface area (Å²) in [5, 5.41) is 14.5. The molecule has 0 bridgehead atoms. The molecule has 5 rings (SSSR count). The molecule has 7 heteroatoms. The first-order chi connectivity index (χ1) is 24.3. The van der Waals surface area contributed by atoms with Gasteiger partial charge in [0.05, 0.1) is 5.76 Å². The number of rotatable bonds is 14. The number of hydrogen-bond donors (Lipinski definition) is 1. The number of aliphatic hydroxyl groups excluding tert-OH is 1. The van der Waals surface area contributed by atoms with Crippen LogP contribution in [0.4, 0.5) is 8.78 Å². The molecule has 0 saturated heterocycles. The second kappa shape index (κ2) is 19.4. The van der Waals surface area contributed by atoms with E-state index in [0.29, 0.717) is 12.3 Å². The van der Waals surface area contributed by atoms with Crippen LogP contribution in [0.5, 0.6) is 0 Å². The zero-order valence-corrected chi connectivity index (χ0v) is 35.5. The van der Waals surface area contributed by atoms with Gasteiger partial charge in [0.25, 0.3) is 0 Å². The predicted molar refractivity (Wildman–Crippen MR) is 214 cm³/mol. The van der Waals surface area contributed by atoms with Crippen molar-refractivity contribution in [1.29, 1.82) is 0 Å². The van der Waals surface area contributed by atoms with Crippen LogP contribution in [-0.2, 0) is 31.3 Å². The van der Waals surface area contributed by atoms with Crippen LogP contribution in [0.2, 0.25) is 0 Å². The molecule has 0 fully saturated rings. The summed E-state index contributed by atoms with van der Waals surface area (Å²) >= 11 is 1.72. The molecule has 0 amide bonds. The van der Waals surface area contributed by atoms with Crippen LogP contribution >= 0.6 is 11.3 Å². The molecule has 0 atom stereocenters. The van der Waals surface area contributed by atoms with Gasteiger partial charge in [-0.3, -0.25) is 9.78 Å². The molecular formula is C45H56F2IrNO2S-. The van der Waals surface area contributed by atoms with Gasteiger partial charge >= 0.3 is 0 Å². The maximum absolute atomic E-state index is 13.6. The number of alkyl halides is 2. The molecule has 283 valence electrons. The predicted octanol–water partition coefficient (Wildman–Crippen LogP) is 14.0. The first-order valence-electron chi connectivity index (χ1n) is 18.8. The Morgan fingerprint density at radius 1 is 0.865 bits per heavy atom. The third kappa shape index (κ3) is 9.56. The van der Waals surface area contributed by atoms with Crippen molar-refractivity contribution in [1.82, 2.24) is 4.98 Å². The Kier molecular flexibility index (Phi) is 16.2. The summed E-state index contributed by atoms with van der Waals surface area (Å²) in [7, 11) is 0. The third-order valence-corrected chi connectivity index (χ3v) is 12.1. The maximum Gasteiger partial charge on any atom is 0.243 e. The molecular weight excluding hydrogens is 849 g/mol. The Hall–Kier alpha value is -2.99. The summed E-state index contributed by atoms with van der Waals surface area (Å²) in [4.78, 5) is 16.6. The topological polar surface area (TPSA) is 50.2 Å². The van der Waals surface area contributed by atoms with Crippen LogP contribution < -0.4 is 0 Å². The Morgan fingerprint density at radius 2 is 1.48 bits per heavy atom. The summed E-state index contributed by atoms with van der Waals surface area (Å²) in [6.07, 6.45) is 6.95. The van der Waals surface area contributed by atoms with Crippen molar-refractivity contribution in [3.8, 4) is 11.3 Å². The summed E-state index contributed by atoms with van der Waals surface area (Å²) in [6.45, 7) is 17.9. The van der Waals surface area contributed by atoms with E-state index < -0.39 is 11.8 Å². The Balaban J connectivity index is 0.000000389. The number of halogens is 2. The van der Waals surface area contributed by atoms with Crippen molar-refractivity contribution >= 4 is 48.1 Å². The Bertz CT molecular complexity index is 1970. The van der Waals surface area contributed by atoms with Crippen LogP contribution in [0.25, 0.3) is 42.2 Å². The number of benzene rings is 3. The van der Waals surface area contributed by atoms with Crippen LogP contribution in [-0.4, -0.2) is 22.3 Å². The van der Waals surface area contributed by atoms with Gasteiger partial charge in [0.2, 0.25) is 6.43 Å². The molecule has 1 radical (unpaired) electrons. The van der Waals surface area contributed by atoms with Gasteiger partial charge in [0.1, 0.15) is 0 Å². The minimum absolute atomic E-state index is 0. The molecule has 52 heavy (non-hydrogen) atoms. The number of carbonyl (C=O) groups is 1. The third-order valence-electron chi connectivity index (χ3n) is 10.7.